The Kier molecular flexibility index (Phi) is 8.40. The zero-order chi connectivity index (χ0) is 14.6. The number of benzene rings is 1. The van der Waals surface area contributed by atoms with E-state index in [1.807, 2.05) is 13.8 Å². The fourth-order valence-corrected chi connectivity index (χ4v) is 4.18. The molecule has 0 aromatic heterocycles. The molecule has 1 unspecified atom stereocenters. The third kappa shape index (κ3) is 5.39. The molecule has 0 heterocycles. The van der Waals surface area contributed by atoms with E-state index in [4.69, 9.17) is 28.9 Å². The molecule has 0 aliphatic heterocycles. The molecule has 1 aromatic rings. The molecule has 0 aliphatic rings. The summed E-state index contributed by atoms with van der Waals surface area (Å²) in [5, 5.41) is 0.195. The number of rotatable bonds is 6. The van der Waals surface area contributed by atoms with E-state index >= 15 is 0 Å². The van der Waals surface area contributed by atoms with Crippen molar-refractivity contribution in [2.45, 2.75) is 31.2 Å². The molecule has 0 aliphatic carbocycles. The Morgan fingerprint density at radius 3 is 2.15 bits per heavy atom. The van der Waals surface area contributed by atoms with E-state index in [1.54, 1.807) is 6.07 Å². The van der Waals surface area contributed by atoms with Crippen LogP contribution in [0.3, 0.4) is 0 Å². The molecule has 0 spiro atoms. The smallest absolute Gasteiger partial charge is 0.243 e. The van der Waals surface area contributed by atoms with Gasteiger partial charge in [-0.1, -0.05) is 43.1 Å². The summed E-state index contributed by atoms with van der Waals surface area (Å²) in [4.78, 5) is -0.0967. The maximum atomic E-state index is 12.3. The number of hydrogen-bond donors (Lipinski definition) is 2. The monoisotopic (exact) mass is 360 g/mol. The van der Waals surface area contributed by atoms with Crippen LogP contribution in [-0.2, 0) is 10.0 Å². The van der Waals surface area contributed by atoms with Crippen LogP contribution >= 0.6 is 35.6 Å². The fourth-order valence-electron chi connectivity index (χ4n) is 1.78. The minimum atomic E-state index is -3.77. The van der Waals surface area contributed by atoms with Crippen molar-refractivity contribution in [2.24, 2.45) is 11.7 Å². The summed E-state index contributed by atoms with van der Waals surface area (Å²) in [7, 11) is -3.77. The maximum absolute atomic E-state index is 12.3. The van der Waals surface area contributed by atoms with Crippen molar-refractivity contribution >= 4 is 45.6 Å². The average Bonchev–Trinajstić information content (AvgIpc) is 2.26. The summed E-state index contributed by atoms with van der Waals surface area (Å²) in [5.74, 6) is 0.331. The van der Waals surface area contributed by atoms with E-state index in [1.165, 1.54) is 12.1 Å². The van der Waals surface area contributed by atoms with Crippen molar-refractivity contribution in [1.82, 2.24) is 4.72 Å². The molecule has 4 nitrogen and oxygen atoms in total. The number of hydrogen-bond acceptors (Lipinski definition) is 3. The van der Waals surface area contributed by atoms with Crippen LogP contribution in [0, 0.1) is 5.92 Å². The van der Waals surface area contributed by atoms with Gasteiger partial charge in [-0.3, -0.25) is 0 Å². The Morgan fingerprint density at radius 2 is 1.75 bits per heavy atom. The lowest BCUT2D eigenvalue weighted by Gasteiger charge is -2.19. The number of nitrogens with one attached hydrogen (secondary N) is 1. The van der Waals surface area contributed by atoms with Gasteiger partial charge in [-0.25, -0.2) is 13.1 Å². The topological polar surface area (TPSA) is 72.2 Å². The van der Waals surface area contributed by atoms with E-state index in [0.29, 0.717) is 12.3 Å². The molecule has 1 aromatic carbocycles. The Morgan fingerprint density at radius 1 is 1.25 bits per heavy atom. The van der Waals surface area contributed by atoms with E-state index in [-0.39, 0.29) is 39.9 Å². The van der Waals surface area contributed by atoms with Gasteiger partial charge >= 0.3 is 0 Å². The van der Waals surface area contributed by atoms with Gasteiger partial charge in [0.1, 0.15) is 4.90 Å². The third-order valence-electron chi connectivity index (χ3n) is 2.55. The van der Waals surface area contributed by atoms with Crippen LogP contribution < -0.4 is 10.5 Å². The summed E-state index contributed by atoms with van der Waals surface area (Å²) in [6.45, 7) is 4.22. The average molecular weight is 362 g/mol. The molecule has 0 amide bonds. The zero-order valence-corrected chi connectivity index (χ0v) is 14.4. The predicted molar refractivity (Wildman–Crippen MR) is 86.3 cm³/mol. The summed E-state index contributed by atoms with van der Waals surface area (Å²) < 4.78 is 27.1. The van der Waals surface area contributed by atoms with Crippen molar-refractivity contribution < 1.29 is 8.42 Å². The SMILES string of the molecule is CC(C)CC(CN)NS(=O)(=O)c1c(Cl)cccc1Cl.Cl. The van der Waals surface area contributed by atoms with Crippen molar-refractivity contribution in [1.29, 1.82) is 0 Å². The summed E-state index contributed by atoms with van der Waals surface area (Å²) in [6, 6.07) is 4.24. The van der Waals surface area contributed by atoms with Crippen LogP contribution in [0.25, 0.3) is 0 Å². The van der Waals surface area contributed by atoms with Gasteiger partial charge in [0.05, 0.1) is 10.0 Å². The number of halogens is 3. The molecule has 116 valence electrons. The lowest BCUT2D eigenvalue weighted by atomic mass is 10.1. The normalized spacial score (nSPS) is 13.1. The maximum Gasteiger partial charge on any atom is 0.243 e. The Hall–Kier alpha value is -0.0400. The van der Waals surface area contributed by atoms with Crippen molar-refractivity contribution in [3.8, 4) is 0 Å². The van der Waals surface area contributed by atoms with Crippen molar-refractivity contribution in [2.75, 3.05) is 6.54 Å². The first kappa shape index (κ1) is 20.0. The molecular formula is C12H19Cl3N2O2S. The molecular weight excluding hydrogens is 343 g/mol. The largest absolute Gasteiger partial charge is 0.329 e. The second-order valence-electron chi connectivity index (χ2n) is 4.73. The summed E-state index contributed by atoms with van der Waals surface area (Å²) in [5.41, 5.74) is 5.59. The Labute approximate surface area is 136 Å². The van der Waals surface area contributed by atoms with Gasteiger partial charge in [0.15, 0.2) is 0 Å². The minimum absolute atomic E-state index is 0. The van der Waals surface area contributed by atoms with Crippen molar-refractivity contribution in [3.05, 3.63) is 28.2 Å². The minimum Gasteiger partial charge on any atom is -0.329 e. The molecule has 3 N–H and O–H groups in total. The van der Waals surface area contributed by atoms with E-state index in [9.17, 15) is 8.42 Å². The highest BCUT2D eigenvalue weighted by molar-refractivity contribution is 7.89. The van der Waals surface area contributed by atoms with Crippen LogP contribution in [0.15, 0.2) is 23.1 Å². The third-order valence-corrected chi connectivity index (χ3v) is 5.02. The molecule has 8 heteroatoms. The standard InChI is InChI=1S/C12H18Cl2N2O2S.ClH/c1-8(2)6-9(7-15)16-19(17,18)12-10(13)4-3-5-11(12)14;/h3-5,8-9,16H,6-7,15H2,1-2H3;1H. The quantitative estimate of drug-likeness (QED) is 0.818. The van der Waals surface area contributed by atoms with Gasteiger partial charge in [0, 0.05) is 12.6 Å². The van der Waals surface area contributed by atoms with Crippen LogP contribution in [0.2, 0.25) is 10.0 Å². The molecule has 0 saturated heterocycles. The van der Waals surface area contributed by atoms with Gasteiger partial charge in [-0.05, 0) is 24.5 Å². The lowest BCUT2D eigenvalue weighted by Crippen LogP contribution is -2.41. The van der Waals surface area contributed by atoms with Gasteiger partial charge in [0.25, 0.3) is 0 Å². The summed E-state index contributed by atoms with van der Waals surface area (Å²) in [6.07, 6.45) is 0.651. The second-order valence-corrected chi connectivity index (χ2v) is 7.20. The molecule has 0 saturated carbocycles. The predicted octanol–water partition coefficient (Wildman–Crippen LogP) is 3.07. The highest BCUT2D eigenvalue weighted by Gasteiger charge is 2.24. The van der Waals surface area contributed by atoms with Crippen LogP contribution in [0.4, 0.5) is 0 Å². The van der Waals surface area contributed by atoms with Crippen LogP contribution in [0.5, 0.6) is 0 Å². The lowest BCUT2D eigenvalue weighted by molar-refractivity contribution is 0.465. The van der Waals surface area contributed by atoms with Gasteiger partial charge in [0.2, 0.25) is 10.0 Å². The van der Waals surface area contributed by atoms with E-state index < -0.39 is 10.0 Å². The molecule has 1 atom stereocenters. The highest BCUT2D eigenvalue weighted by Crippen LogP contribution is 2.29. The molecule has 0 bridgehead atoms. The number of nitrogens with two attached hydrogens (primary N) is 1. The van der Waals surface area contributed by atoms with E-state index in [2.05, 4.69) is 4.72 Å². The Bertz CT molecular complexity index is 515. The Balaban J connectivity index is 0.00000361. The van der Waals surface area contributed by atoms with E-state index in [0.717, 1.165) is 0 Å². The molecule has 20 heavy (non-hydrogen) atoms. The first-order valence-electron chi connectivity index (χ1n) is 5.94. The summed E-state index contributed by atoms with van der Waals surface area (Å²) >= 11 is 11.8. The molecule has 1 rings (SSSR count). The first-order valence-corrected chi connectivity index (χ1v) is 8.18. The zero-order valence-electron chi connectivity index (χ0n) is 11.3. The van der Waals surface area contributed by atoms with Gasteiger partial charge in [-0.15, -0.1) is 12.4 Å². The first-order chi connectivity index (χ1) is 8.77. The highest BCUT2D eigenvalue weighted by atomic mass is 35.5. The van der Waals surface area contributed by atoms with Crippen molar-refractivity contribution in [3.63, 3.8) is 0 Å². The molecule has 0 fully saturated rings. The fraction of sp³-hybridized carbons (Fsp3) is 0.500. The van der Waals surface area contributed by atoms with Crippen LogP contribution in [-0.4, -0.2) is 21.0 Å². The second kappa shape index (κ2) is 8.41. The molecule has 0 radical (unpaired) electrons. The van der Waals surface area contributed by atoms with Gasteiger partial charge < -0.3 is 5.73 Å². The van der Waals surface area contributed by atoms with Gasteiger partial charge in [-0.2, -0.15) is 0 Å². The number of sulfonamides is 1. The van der Waals surface area contributed by atoms with Crippen LogP contribution in [0.1, 0.15) is 20.3 Å².